The van der Waals surface area contributed by atoms with Gasteiger partial charge in [0, 0.05) is 24.3 Å². The lowest BCUT2D eigenvalue weighted by molar-refractivity contribution is -0.133. The molecule has 0 saturated carbocycles. The summed E-state index contributed by atoms with van der Waals surface area (Å²) in [4.78, 5) is 14.2. The zero-order chi connectivity index (χ0) is 15.9. The highest BCUT2D eigenvalue weighted by Gasteiger charge is 2.15. The lowest BCUT2D eigenvalue weighted by atomic mass is 10.1. The third-order valence-corrected chi connectivity index (χ3v) is 4.53. The van der Waals surface area contributed by atoms with Gasteiger partial charge in [0.15, 0.2) is 0 Å². The number of carbonyl (C=O) groups is 1. The number of amides is 1. The first-order valence-electron chi connectivity index (χ1n) is 8.98. The van der Waals surface area contributed by atoms with E-state index >= 15 is 0 Å². The molecule has 0 aromatic heterocycles. The van der Waals surface area contributed by atoms with E-state index in [0.29, 0.717) is 11.9 Å². The van der Waals surface area contributed by atoms with Gasteiger partial charge < -0.3 is 4.90 Å². The van der Waals surface area contributed by atoms with Crippen molar-refractivity contribution in [3.63, 3.8) is 0 Å². The van der Waals surface area contributed by atoms with Gasteiger partial charge in [-0.2, -0.15) is 0 Å². The summed E-state index contributed by atoms with van der Waals surface area (Å²) in [5, 5.41) is 0.974. The van der Waals surface area contributed by atoms with Gasteiger partial charge in [-0.1, -0.05) is 74.2 Å². The van der Waals surface area contributed by atoms with E-state index in [1.165, 1.54) is 51.4 Å². The lowest BCUT2D eigenvalue weighted by Gasteiger charge is -2.26. The zero-order valence-electron chi connectivity index (χ0n) is 14.5. The van der Waals surface area contributed by atoms with E-state index in [0.717, 1.165) is 31.1 Å². The first kappa shape index (κ1) is 20.9. The van der Waals surface area contributed by atoms with Crippen molar-refractivity contribution in [1.82, 2.24) is 4.90 Å². The van der Waals surface area contributed by atoms with Crippen LogP contribution >= 0.6 is 15.9 Å². The van der Waals surface area contributed by atoms with Gasteiger partial charge in [-0.25, -0.2) is 0 Å². The second-order valence-corrected chi connectivity index (χ2v) is 7.09. The number of alkyl halides is 1. The Hall–Kier alpha value is -0.0500. The smallest absolute Gasteiger partial charge is 0.222 e. The predicted molar refractivity (Wildman–Crippen MR) is 97.1 cm³/mol. The van der Waals surface area contributed by atoms with Crippen LogP contribution in [0, 0.1) is 0 Å². The molecular formula is C18H36BrNO. The van der Waals surface area contributed by atoms with Crippen molar-refractivity contribution >= 4 is 21.8 Å². The molecule has 0 fully saturated rings. The number of rotatable bonds is 14. The Morgan fingerprint density at radius 1 is 0.905 bits per heavy atom. The number of carbonyl (C=O) groups excluding carboxylic acids is 1. The fourth-order valence-electron chi connectivity index (χ4n) is 2.63. The molecule has 0 radical (unpaired) electrons. The molecule has 0 aliphatic carbocycles. The molecule has 0 rings (SSSR count). The summed E-state index contributed by atoms with van der Waals surface area (Å²) in [5.41, 5.74) is 0. The number of nitrogens with zero attached hydrogens (tertiary/aromatic N) is 1. The fourth-order valence-corrected chi connectivity index (χ4v) is 2.88. The van der Waals surface area contributed by atoms with E-state index in [4.69, 9.17) is 0 Å². The number of hydrogen-bond donors (Lipinski definition) is 0. The minimum Gasteiger partial charge on any atom is -0.340 e. The molecule has 0 aromatic rings. The summed E-state index contributed by atoms with van der Waals surface area (Å²) in [6, 6.07) is 0.329. The van der Waals surface area contributed by atoms with Gasteiger partial charge >= 0.3 is 0 Å². The van der Waals surface area contributed by atoms with Crippen LogP contribution in [0.25, 0.3) is 0 Å². The monoisotopic (exact) mass is 361 g/mol. The van der Waals surface area contributed by atoms with E-state index in [1.54, 1.807) is 0 Å². The molecular weight excluding hydrogens is 326 g/mol. The Labute approximate surface area is 141 Å². The molecule has 0 bridgehead atoms. The molecule has 0 saturated heterocycles. The first-order valence-corrected chi connectivity index (χ1v) is 10.1. The maximum atomic E-state index is 12.2. The third-order valence-electron chi connectivity index (χ3n) is 3.97. The summed E-state index contributed by atoms with van der Waals surface area (Å²) in [6.45, 7) is 7.37. The Morgan fingerprint density at radius 2 is 1.43 bits per heavy atom. The van der Waals surface area contributed by atoms with Gasteiger partial charge in [-0.05, 0) is 26.7 Å². The van der Waals surface area contributed by atoms with E-state index < -0.39 is 0 Å². The van der Waals surface area contributed by atoms with Crippen molar-refractivity contribution in [2.24, 2.45) is 0 Å². The Balaban J connectivity index is 3.58. The molecule has 126 valence electrons. The van der Waals surface area contributed by atoms with Crippen LogP contribution in [0.1, 0.15) is 91.4 Å². The molecule has 0 N–H and O–H groups in total. The van der Waals surface area contributed by atoms with Crippen molar-refractivity contribution in [2.75, 3.05) is 11.9 Å². The minimum absolute atomic E-state index is 0.329. The normalized spacial score (nSPS) is 11.1. The summed E-state index contributed by atoms with van der Waals surface area (Å²) < 4.78 is 0. The highest BCUT2D eigenvalue weighted by atomic mass is 79.9. The van der Waals surface area contributed by atoms with Crippen LogP contribution in [0.2, 0.25) is 0 Å². The van der Waals surface area contributed by atoms with E-state index in [-0.39, 0.29) is 0 Å². The average molecular weight is 362 g/mol. The molecule has 0 spiro atoms. The molecule has 0 heterocycles. The largest absolute Gasteiger partial charge is 0.340 e. The highest BCUT2D eigenvalue weighted by Crippen LogP contribution is 2.12. The number of halogens is 1. The number of unbranched alkanes of at least 4 members (excludes halogenated alkanes) is 8. The molecule has 3 heteroatoms. The molecule has 0 aliphatic heterocycles. The SMILES string of the molecule is CCCCCCCCCCCC(=O)N(CCCBr)C(C)C. The zero-order valence-corrected chi connectivity index (χ0v) is 16.1. The molecule has 21 heavy (non-hydrogen) atoms. The van der Waals surface area contributed by atoms with Crippen LogP contribution in [0.4, 0.5) is 0 Å². The van der Waals surface area contributed by atoms with Gasteiger partial charge in [0.2, 0.25) is 5.91 Å². The van der Waals surface area contributed by atoms with Gasteiger partial charge in [0.1, 0.15) is 0 Å². The topological polar surface area (TPSA) is 20.3 Å². The summed E-state index contributed by atoms with van der Waals surface area (Å²) in [5.74, 6) is 0.342. The molecule has 0 unspecified atom stereocenters. The van der Waals surface area contributed by atoms with Crippen LogP contribution in [0.5, 0.6) is 0 Å². The van der Waals surface area contributed by atoms with Gasteiger partial charge in [0.25, 0.3) is 0 Å². The first-order chi connectivity index (χ1) is 10.1. The van der Waals surface area contributed by atoms with Gasteiger partial charge in [-0.15, -0.1) is 0 Å². The van der Waals surface area contributed by atoms with Crippen LogP contribution in [-0.2, 0) is 4.79 Å². The van der Waals surface area contributed by atoms with Crippen LogP contribution in [-0.4, -0.2) is 28.7 Å². The van der Waals surface area contributed by atoms with Crippen molar-refractivity contribution in [3.05, 3.63) is 0 Å². The lowest BCUT2D eigenvalue weighted by Crippen LogP contribution is -2.37. The quantitative estimate of drug-likeness (QED) is 0.277. The molecule has 2 nitrogen and oxygen atoms in total. The predicted octanol–water partition coefficient (Wildman–Crippen LogP) is 5.93. The maximum absolute atomic E-state index is 12.2. The Kier molecular flexibility index (Phi) is 14.8. The van der Waals surface area contributed by atoms with E-state index in [1.807, 2.05) is 4.90 Å². The van der Waals surface area contributed by atoms with E-state index in [9.17, 15) is 4.79 Å². The van der Waals surface area contributed by atoms with Crippen molar-refractivity contribution in [2.45, 2.75) is 97.4 Å². The molecule has 1 amide bonds. The molecule has 0 atom stereocenters. The summed E-state index contributed by atoms with van der Waals surface area (Å²) in [7, 11) is 0. The van der Waals surface area contributed by atoms with E-state index in [2.05, 4.69) is 36.7 Å². The maximum Gasteiger partial charge on any atom is 0.222 e. The fraction of sp³-hybridized carbons (Fsp3) is 0.944. The van der Waals surface area contributed by atoms with Crippen molar-refractivity contribution in [1.29, 1.82) is 0 Å². The van der Waals surface area contributed by atoms with Crippen molar-refractivity contribution < 1.29 is 4.79 Å². The van der Waals surface area contributed by atoms with Gasteiger partial charge in [-0.3, -0.25) is 4.79 Å². The Bertz CT molecular complexity index is 243. The summed E-state index contributed by atoms with van der Waals surface area (Å²) >= 11 is 3.44. The summed E-state index contributed by atoms with van der Waals surface area (Å²) in [6.07, 6.45) is 13.5. The standard InChI is InChI=1S/C18H36BrNO/c1-4-5-6-7-8-9-10-11-12-14-18(21)20(17(2)3)16-13-15-19/h17H,4-16H2,1-3H3. The minimum atomic E-state index is 0.329. The van der Waals surface area contributed by atoms with Crippen LogP contribution in [0.3, 0.4) is 0 Å². The Morgan fingerprint density at radius 3 is 1.90 bits per heavy atom. The van der Waals surface area contributed by atoms with Gasteiger partial charge in [0.05, 0.1) is 0 Å². The van der Waals surface area contributed by atoms with Crippen LogP contribution in [0.15, 0.2) is 0 Å². The molecule has 0 aliphatic rings. The van der Waals surface area contributed by atoms with Crippen LogP contribution < -0.4 is 0 Å². The highest BCUT2D eigenvalue weighted by molar-refractivity contribution is 9.09. The number of hydrogen-bond acceptors (Lipinski definition) is 1. The average Bonchev–Trinajstić information content (AvgIpc) is 2.45. The second-order valence-electron chi connectivity index (χ2n) is 6.30. The third kappa shape index (κ3) is 12.2. The second kappa shape index (κ2) is 14.9. The van der Waals surface area contributed by atoms with Crippen molar-refractivity contribution in [3.8, 4) is 0 Å². The molecule has 0 aromatic carbocycles.